The molecule has 0 saturated carbocycles. The summed E-state index contributed by atoms with van der Waals surface area (Å²) < 4.78 is 5.55. The summed E-state index contributed by atoms with van der Waals surface area (Å²) >= 11 is 0. The fourth-order valence-electron chi connectivity index (χ4n) is 2.33. The molecule has 0 aliphatic rings. The molecule has 0 radical (unpaired) electrons. The third kappa shape index (κ3) is 4.22. The number of aromatic nitrogens is 1. The Morgan fingerprint density at radius 3 is 2.57 bits per heavy atom. The van der Waals surface area contributed by atoms with Crippen molar-refractivity contribution in [1.29, 1.82) is 0 Å². The quantitative estimate of drug-likeness (QED) is 0.806. The minimum Gasteiger partial charge on any atom is -0.476 e. The monoisotopic (exact) mass is 284 g/mol. The van der Waals surface area contributed by atoms with Gasteiger partial charge < -0.3 is 10.1 Å². The molecule has 2 rings (SSSR count). The fraction of sp³-hybridized carbons (Fsp3) is 0.389. The predicted molar refractivity (Wildman–Crippen MR) is 87.9 cm³/mol. The van der Waals surface area contributed by atoms with Gasteiger partial charge in [0, 0.05) is 12.2 Å². The van der Waals surface area contributed by atoms with Gasteiger partial charge in [0.2, 0.25) is 5.88 Å². The molecular formula is C18H24N2O. The molecule has 3 heteroatoms. The van der Waals surface area contributed by atoms with Crippen LogP contribution in [0.15, 0.2) is 42.6 Å². The van der Waals surface area contributed by atoms with E-state index in [1.807, 2.05) is 19.1 Å². The van der Waals surface area contributed by atoms with E-state index in [-0.39, 0.29) is 6.04 Å². The Morgan fingerprint density at radius 2 is 1.90 bits per heavy atom. The van der Waals surface area contributed by atoms with E-state index in [1.165, 1.54) is 17.5 Å². The van der Waals surface area contributed by atoms with Gasteiger partial charge in [0.25, 0.3) is 0 Å². The van der Waals surface area contributed by atoms with Crippen LogP contribution in [0, 0.1) is 0 Å². The van der Waals surface area contributed by atoms with E-state index in [9.17, 15) is 0 Å². The number of pyridine rings is 1. The number of benzene rings is 1. The molecule has 0 aliphatic heterocycles. The van der Waals surface area contributed by atoms with Crippen molar-refractivity contribution in [2.45, 2.75) is 39.7 Å². The molecule has 1 heterocycles. The highest BCUT2D eigenvalue weighted by Crippen LogP contribution is 2.26. The Labute approximate surface area is 127 Å². The maximum absolute atomic E-state index is 5.55. The number of ether oxygens (including phenoxy) is 1. The second kappa shape index (κ2) is 7.67. The lowest BCUT2D eigenvalue weighted by Gasteiger charge is -2.18. The molecule has 0 spiro atoms. The van der Waals surface area contributed by atoms with E-state index in [1.54, 1.807) is 6.20 Å². The molecule has 112 valence electrons. The second-order valence-corrected chi connectivity index (χ2v) is 5.15. The van der Waals surface area contributed by atoms with Crippen LogP contribution < -0.4 is 10.1 Å². The molecule has 1 unspecified atom stereocenters. The lowest BCUT2D eigenvalue weighted by atomic mass is 10.0. The first-order valence-corrected chi connectivity index (χ1v) is 7.67. The van der Waals surface area contributed by atoms with Crippen molar-refractivity contribution in [3.05, 3.63) is 53.7 Å². The zero-order valence-corrected chi connectivity index (χ0v) is 13.1. The molecular weight excluding hydrogens is 260 g/mol. The molecule has 0 amide bonds. The molecule has 1 N–H and O–H groups in total. The standard InChI is InChI=1S/C18H24N2O/c1-4-7-15-9-11-16(12-10-15)14(3)20-17-8-6-13-19-18(17)21-5-2/h6,8-14,20H,4-5,7H2,1-3H3. The Balaban J connectivity index is 2.08. The van der Waals surface area contributed by atoms with Gasteiger partial charge >= 0.3 is 0 Å². The zero-order valence-electron chi connectivity index (χ0n) is 13.1. The number of aryl methyl sites for hydroxylation is 1. The van der Waals surface area contributed by atoms with E-state index in [2.05, 4.69) is 48.4 Å². The topological polar surface area (TPSA) is 34.2 Å². The van der Waals surface area contributed by atoms with Crippen LogP contribution in [0.1, 0.15) is 44.4 Å². The fourth-order valence-corrected chi connectivity index (χ4v) is 2.33. The maximum atomic E-state index is 5.55. The summed E-state index contributed by atoms with van der Waals surface area (Å²) in [5.41, 5.74) is 3.59. The molecule has 1 atom stereocenters. The second-order valence-electron chi connectivity index (χ2n) is 5.15. The van der Waals surface area contributed by atoms with Crippen LogP contribution in [0.25, 0.3) is 0 Å². The van der Waals surface area contributed by atoms with Gasteiger partial charge in [-0.15, -0.1) is 0 Å². The highest BCUT2D eigenvalue weighted by Gasteiger charge is 2.09. The molecule has 1 aromatic heterocycles. The number of anilines is 1. The summed E-state index contributed by atoms with van der Waals surface area (Å²) in [6.07, 6.45) is 4.07. The van der Waals surface area contributed by atoms with Gasteiger partial charge in [0.1, 0.15) is 0 Å². The van der Waals surface area contributed by atoms with Crippen LogP contribution in [-0.2, 0) is 6.42 Å². The van der Waals surface area contributed by atoms with E-state index >= 15 is 0 Å². The number of hydrogen-bond donors (Lipinski definition) is 1. The number of nitrogens with zero attached hydrogens (tertiary/aromatic N) is 1. The molecule has 0 aliphatic carbocycles. The summed E-state index contributed by atoms with van der Waals surface area (Å²) in [6, 6.07) is 12.9. The third-order valence-corrected chi connectivity index (χ3v) is 3.44. The third-order valence-electron chi connectivity index (χ3n) is 3.44. The van der Waals surface area contributed by atoms with Crippen LogP contribution in [0.4, 0.5) is 5.69 Å². The first kappa shape index (κ1) is 15.4. The highest BCUT2D eigenvalue weighted by atomic mass is 16.5. The van der Waals surface area contributed by atoms with Gasteiger partial charge in [0.05, 0.1) is 12.3 Å². The van der Waals surface area contributed by atoms with Gasteiger partial charge in [0.15, 0.2) is 0 Å². The van der Waals surface area contributed by atoms with Crippen LogP contribution in [0.2, 0.25) is 0 Å². The van der Waals surface area contributed by atoms with E-state index < -0.39 is 0 Å². The molecule has 3 nitrogen and oxygen atoms in total. The van der Waals surface area contributed by atoms with Gasteiger partial charge in [-0.2, -0.15) is 0 Å². The Kier molecular flexibility index (Phi) is 5.61. The highest BCUT2D eigenvalue weighted by molar-refractivity contribution is 5.53. The molecule has 0 fully saturated rings. The van der Waals surface area contributed by atoms with Crippen molar-refractivity contribution < 1.29 is 4.74 Å². The average molecular weight is 284 g/mol. The lowest BCUT2D eigenvalue weighted by Crippen LogP contribution is -2.09. The molecule has 21 heavy (non-hydrogen) atoms. The van der Waals surface area contributed by atoms with E-state index in [4.69, 9.17) is 4.74 Å². The first-order chi connectivity index (χ1) is 10.2. The summed E-state index contributed by atoms with van der Waals surface area (Å²) in [6.45, 7) is 6.94. The minimum absolute atomic E-state index is 0.212. The summed E-state index contributed by atoms with van der Waals surface area (Å²) in [5.74, 6) is 0.662. The smallest absolute Gasteiger partial charge is 0.237 e. The van der Waals surface area contributed by atoms with Crippen LogP contribution >= 0.6 is 0 Å². The minimum atomic E-state index is 0.212. The molecule has 1 aromatic carbocycles. The Morgan fingerprint density at radius 1 is 1.14 bits per heavy atom. The van der Waals surface area contributed by atoms with Crippen molar-refractivity contribution in [3.8, 4) is 5.88 Å². The normalized spacial score (nSPS) is 12.0. The largest absolute Gasteiger partial charge is 0.476 e. The number of nitrogens with one attached hydrogen (secondary N) is 1. The number of rotatable bonds is 7. The van der Waals surface area contributed by atoms with Crippen LogP contribution in [0.5, 0.6) is 5.88 Å². The Bertz CT molecular complexity index is 551. The Hall–Kier alpha value is -2.03. The molecule has 0 bridgehead atoms. The summed E-state index contributed by atoms with van der Waals surface area (Å²) in [4.78, 5) is 4.27. The molecule has 2 aromatic rings. The van der Waals surface area contributed by atoms with Gasteiger partial charge in [-0.25, -0.2) is 4.98 Å². The van der Waals surface area contributed by atoms with Crippen molar-refractivity contribution in [3.63, 3.8) is 0 Å². The van der Waals surface area contributed by atoms with Crippen LogP contribution in [0.3, 0.4) is 0 Å². The SMILES string of the molecule is CCCc1ccc(C(C)Nc2cccnc2OCC)cc1. The van der Waals surface area contributed by atoms with Crippen molar-refractivity contribution in [2.75, 3.05) is 11.9 Å². The van der Waals surface area contributed by atoms with Gasteiger partial charge in [-0.3, -0.25) is 0 Å². The number of hydrogen-bond acceptors (Lipinski definition) is 3. The summed E-state index contributed by atoms with van der Waals surface area (Å²) in [7, 11) is 0. The molecule has 0 saturated heterocycles. The van der Waals surface area contributed by atoms with Crippen molar-refractivity contribution in [1.82, 2.24) is 4.98 Å². The van der Waals surface area contributed by atoms with Crippen molar-refractivity contribution in [2.24, 2.45) is 0 Å². The zero-order chi connectivity index (χ0) is 15.1. The van der Waals surface area contributed by atoms with Crippen molar-refractivity contribution >= 4 is 5.69 Å². The maximum Gasteiger partial charge on any atom is 0.237 e. The summed E-state index contributed by atoms with van der Waals surface area (Å²) in [5, 5.41) is 3.48. The van der Waals surface area contributed by atoms with Gasteiger partial charge in [-0.05, 0) is 43.5 Å². The first-order valence-electron chi connectivity index (χ1n) is 7.67. The lowest BCUT2D eigenvalue weighted by molar-refractivity contribution is 0.328. The van der Waals surface area contributed by atoms with E-state index in [0.717, 1.165) is 12.1 Å². The average Bonchev–Trinajstić information content (AvgIpc) is 2.50. The van der Waals surface area contributed by atoms with Gasteiger partial charge in [-0.1, -0.05) is 37.6 Å². The van der Waals surface area contributed by atoms with E-state index in [0.29, 0.717) is 12.5 Å². The predicted octanol–water partition coefficient (Wildman–Crippen LogP) is 4.61. The van der Waals surface area contributed by atoms with Crippen LogP contribution in [-0.4, -0.2) is 11.6 Å².